The van der Waals surface area contributed by atoms with Gasteiger partial charge in [0.25, 0.3) is 5.56 Å². The molecule has 2 heterocycles. The van der Waals surface area contributed by atoms with Crippen LogP contribution in [-0.4, -0.2) is 25.8 Å². The summed E-state index contributed by atoms with van der Waals surface area (Å²) in [5.74, 6) is -0.266. The van der Waals surface area contributed by atoms with Crippen LogP contribution in [0.4, 0.5) is 10.1 Å². The van der Waals surface area contributed by atoms with E-state index in [1.165, 1.54) is 39.8 Å². The van der Waals surface area contributed by atoms with Crippen LogP contribution < -0.4 is 16.6 Å². The molecule has 0 fully saturated rings. The molecule has 32 heavy (non-hydrogen) atoms. The Morgan fingerprint density at radius 1 is 1.19 bits per heavy atom. The number of aromatic nitrogens is 3. The smallest absolute Gasteiger partial charge is 0.324 e. The lowest BCUT2D eigenvalue weighted by Crippen LogP contribution is -2.40. The number of benzene rings is 2. The van der Waals surface area contributed by atoms with Crippen LogP contribution in [0.5, 0.6) is 0 Å². The van der Waals surface area contributed by atoms with Gasteiger partial charge in [-0.2, -0.15) is 0 Å². The van der Waals surface area contributed by atoms with E-state index < -0.39 is 23.0 Å². The van der Waals surface area contributed by atoms with Crippen molar-refractivity contribution in [1.82, 2.24) is 14.1 Å². The van der Waals surface area contributed by atoms with Crippen LogP contribution in [0.25, 0.3) is 16.0 Å². The van der Waals surface area contributed by atoms with E-state index in [1.807, 2.05) is 6.92 Å². The van der Waals surface area contributed by atoms with Crippen LogP contribution in [0.2, 0.25) is 0 Å². The summed E-state index contributed by atoms with van der Waals surface area (Å²) in [6.45, 7) is 3.32. The molecule has 0 unspecified atom stereocenters. The van der Waals surface area contributed by atoms with Crippen molar-refractivity contribution < 1.29 is 9.18 Å². The van der Waals surface area contributed by atoms with E-state index >= 15 is 0 Å². The van der Waals surface area contributed by atoms with Gasteiger partial charge in [0.2, 0.25) is 5.91 Å². The number of para-hydroxylation sites is 1. The Morgan fingerprint density at radius 2 is 1.94 bits per heavy atom. The van der Waals surface area contributed by atoms with E-state index in [2.05, 4.69) is 10.3 Å². The maximum absolute atomic E-state index is 13.6. The average molecular weight is 471 g/mol. The Morgan fingerprint density at radius 3 is 2.66 bits per heavy atom. The van der Waals surface area contributed by atoms with Gasteiger partial charge in [0.05, 0.1) is 5.69 Å². The Balaban J connectivity index is 1.83. The largest absolute Gasteiger partial charge is 0.337 e. The summed E-state index contributed by atoms with van der Waals surface area (Å²) in [6, 6.07) is 12.6. The standard InChI is InChI=1S/C22H19FN4O3S2/c1-3-31-21-25-19-18(32-21)20(29)27(15-7-5-4-6-8-15)22(30)26(19)12-17(28)24-16-11-14(23)10-9-13(16)2/h4-11H,3,12H2,1-2H3,(H,24,28). The van der Waals surface area contributed by atoms with Crippen molar-refractivity contribution in [3.8, 4) is 5.69 Å². The first-order chi connectivity index (χ1) is 15.4. The molecule has 1 amide bonds. The van der Waals surface area contributed by atoms with Crippen LogP contribution in [0.3, 0.4) is 0 Å². The Hall–Kier alpha value is -3.24. The molecule has 2 aromatic heterocycles. The van der Waals surface area contributed by atoms with Crippen molar-refractivity contribution in [3.05, 3.63) is 80.7 Å². The molecule has 7 nitrogen and oxygen atoms in total. The molecule has 2 aromatic carbocycles. The van der Waals surface area contributed by atoms with Crippen LogP contribution in [0.1, 0.15) is 12.5 Å². The topological polar surface area (TPSA) is 86.0 Å². The number of rotatable bonds is 6. The van der Waals surface area contributed by atoms with Crippen LogP contribution in [0, 0.1) is 12.7 Å². The van der Waals surface area contributed by atoms with E-state index in [4.69, 9.17) is 0 Å². The summed E-state index contributed by atoms with van der Waals surface area (Å²) in [4.78, 5) is 43.7. The lowest BCUT2D eigenvalue weighted by molar-refractivity contribution is -0.116. The average Bonchev–Trinajstić information content (AvgIpc) is 3.19. The normalized spacial score (nSPS) is 11.1. The number of hydrogen-bond acceptors (Lipinski definition) is 6. The van der Waals surface area contributed by atoms with Gasteiger partial charge in [-0.3, -0.25) is 14.2 Å². The predicted molar refractivity (Wildman–Crippen MR) is 126 cm³/mol. The van der Waals surface area contributed by atoms with E-state index in [9.17, 15) is 18.8 Å². The predicted octanol–water partition coefficient (Wildman–Crippen LogP) is 3.81. The van der Waals surface area contributed by atoms with Crippen molar-refractivity contribution in [1.29, 1.82) is 0 Å². The molecule has 0 saturated carbocycles. The van der Waals surface area contributed by atoms with Crippen molar-refractivity contribution >= 4 is 45.0 Å². The molecule has 4 rings (SSSR count). The highest BCUT2D eigenvalue weighted by Gasteiger charge is 2.21. The second-order valence-corrected chi connectivity index (χ2v) is 9.43. The lowest BCUT2D eigenvalue weighted by Gasteiger charge is -2.12. The number of anilines is 1. The zero-order chi connectivity index (χ0) is 22.8. The zero-order valence-electron chi connectivity index (χ0n) is 17.3. The molecule has 0 radical (unpaired) electrons. The number of nitrogens with zero attached hydrogens (tertiary/aromatic N) is 3. The number of fused-ring (bicyclic) bond motifs is 1. The number of thiazole rings is 1. The maximum atomic E-state index is 13.6. The fourth-order valence-electron chi connectivity index (χ4n) is 3.21. The molecule has 0 saturated heterocycles. The number of amides is 1. The molecule has 164 valence electrons. The second-order valence-electron chi connectivity index (χ2n) is 6.92. The number of carbonyl (C=O) groups excluding carboxylic acids is 1. The SMILES string of the molecule is CCSc1nc2c(s1)c(=O)n(-c1ccccc1)c(=O)n2CC(=O)Nc1cc(F)ccc1C. The highest BCUT2D eigenvalue weighted by molar-refractivity contribution is 8.01. The van der Waals surface area contributed by atoms with E-state index in [0.29, 0.717) is 26.0 Å². The van der Waals surface area contributed by atoms with Crippen LogP contribution in [0.15, 0.2) is 62.5 Å². The van der Waals surface area contributed by atoms with Crippen LogP contribution >= 0.6 is 23.1 Å². The van der Waals surface area contributed by atoms with Gasteiger partial charge in [-0.05, 0) is 42.5 Å². The number of thioether (sulfide) groups is 1. The number of carbonyl (C=O) groups is 1. The maximum Gasteiger partial charge on any atom is 0.337 e. The molecular weight excluding hydrogens is 451 g/mol. The highest BCUT2D eigenvalue weighted by Crippen LogP contribution is 2.27. The third-order valence-corrected chi connectivity index (χ3v) is 6.78. The minimum atomic E-state index is -0.668. The minimum absolute atomic E-state index is 0.166. The Kier molecular flexibility index (Phi) is 6.24. The fraction of sp³-hybridized carbons (Fsp3) is 0.182. The first kappa shape index (κ1) is 22.0. The second kappa shape index (κ2) is 9.09. The Labute approximate surface area is 190 Å². The number of hydrogen-bond donors (Lipinski definition) is 1. The molecule has 0 bridgehead atoms. The van der Waals surface area contributed by atoms with Crippen molar-refractivity contribution in [2.45, 2.75) is 24.7 Å². The monoisotopic (exact) mass is 470 g/mol. The van der Waals surface area contributed by atoms with E-state index in [-0.39, 0.29) is 12.2 Å². The van der Waals surface area contributed by atoms with Gasteiger partial charge in [0.15, 0.2) is 9.99 Å². The summed E-state index contributed by atoms with van der Waals surface area (Å²) in [5.41, 5.74) is 0.419. The van der Waals surface area contributed by atoms with E-state index in [0.717, 1.165) is 10.3 Å². The zero-order valence-corrected chi connectivity index (χ0v) is 18.9. The highest BCUT2D eigenvalue weighted by atomic mass is 32.2. The van der Waals surface area contributed by atoms with Gasteiger partial charge in [0.1, 0.15) is 17.1 Å². The quantitative estimate of drug-likeness (QED) is 0.433. The van der Waals surface area contributed by atoms with Crippen LogP contribution in [-0.2, 0) is 11.3 Å². The van der Waals surface area contributed by atoms with Crippen molar-refractivity contribution in [3.63, 3.8) is 0 Å². The van der Waals surface area contributed by atoms with Crippen molar-refractivity contribution in [2.24, 2.45) is 0 Å². The molecule has 0 aliphatic heterocycles. The number of nitrogens with one attached hydrogen (secondary N) is 1. The van der Waals surface area contributed by atoms with Gasteiger partial charge in [-0.15, -0.1) is 11.3 Å². The molecule has 0 atom stereocenters. The molecule has 10 heteroatoms. The summed E-state index contributed by atoms with van der Waals surface area (Å²) in [6.07, 6.45) is 0. The minimum Gasteiger partial charge on any atom is -0.324 e. The summed E-state index contributed by atoms with van der Waals surface area (Å²) < 4.78 is 16.8. The van der Waals surface area contributed by atoms with Gasteiger partial charge in [-0.1, -0.05) is 43.0 Å². The number of aryl methyl sites for hydroxylation is 1. The van der Waals surface area contributed by atoms with Crippen molar-refractivity contribution in [2.75, 3.05) is 11.1 Å². The molecular formula is C22H19FN4O3S2. The fourth-order valence-corrected chi connectivity index (χ4v) is 5.18. The van der Waals surface area contributed by atoms with Gasteiger partial charge >= 0.3 is 5.69 Å². The third-order valence-electron chi connectivity index (χ3n) is 4.72. The molecule has 1 N–H and O–H groups in total. The molecule has 0 spiro atoms. The number of halogens is 1. The third kappa shape index (κ3) is 4.23. The van der Waals surface area contributed by atoms with Gasteiger partial charge < -0.3 is 5.32 Å². The summed E-state index contributed by atoms with van der Waals surface area (Å²) in [5, 5.41) is 2.64. The first-order valence-corrected chi connectivity index (χ1v) is 11.6. The first-order valence-electron chi connectivity index (χ1n) is 9.79. The van der Waals surface area contributed by atoms with E-state index in [1.54, 1.807) is 43.3 Å². The molecule has 4 aromatic rings. The summed E-state index contributed by atoms with van der Waals surface area (Å²) >= 11 is 2.65. The lowest BCUT2D eigenvalue weighted by atomic mass is 10.2. The van der Waals surface area contributed by atoms with Gasteiger partial charge in [-0.25, -0.2) is 18.7 Å². The summed E-state index contributed by atoms with van der Waals surface area (Å²) in [7, 11) is 0. The van der Waals surface area contributed by atoms with Gasteiger partial charge in [0, 0.05) is 5.69 Å². The Bertz CT molecular complexity index is 1430. The molecule has 0 aliphatic rings. The molecule has 0 aliphatic carbocycles.